The Morgan fingerprint density at radius 1 is 1.03 bits per heavy atom. The Kier molecular flexibility index (Phi) is 6.33. The zero-order valence-corrected chi connectivity index (χ0v) is 18.4. The lowest BCUT2D eigenvalue weighted by atomic mass is 10.1. The van der Waals surface area contributed by atoms with Crippen LogP contribution in [0.25, 0.3) is 5.69 Å². The highest BCUT2D eigenvalue weighted by Crippen LogP contribution is 2.21. The fraction of sp³-hybridized carbons (Fsp3) is 0.320. The second-order valence-electron chi connectivity index (χ2n) is 8.16. The summed E-state index contributed by atoms with van der Waals surface area (Å²) in [6, 6.07) is 15.9. The number of carbonyl (C=O) groups is 1. The molecule has 0 radical (unpaired) electrons. The third-order valence-corrected chi connectivity index (χ3v) is 5.94. The zero-order valence-electron chi connectivity index (χ0n) is 18.4. The van der Waals surface area contributed by atoms with Gasteiger partial charge in [0.05, 0.1) is 34.3 Å². The predicted octanol–water partition coefficient (Wildman–Crippen LogP) is 3.85. The van der Waals surface area contributed by atoms with Crippen LogP contribution in [0, 0.1) is 31.0 Å². The van der Waals surface area contributed by atoms with Gasteiger partial charge < -0.3 is 4.90 Å². The maximum Gasteiger partial charge on any atom is 0.257 e. The first-order valence-corrected chi connectivity index (χ1v) is 10.8. The number of nitriles is 1. The molecule has 2 aromatic carbocycles. The zero-order chi connectivity index (χ0) is 22.7. The number of hydrogen-bond acceptors (Lipinski definition) is 4. The van der Waals surface area contributed by atoms with Crippen molar-refractivity contribution in [3.8, 4) is 11.8 Å². The molecule has 0 aliphatic carbocycles. The first-order chi connectivity index (χ1) is 15.5. The second kappa shape index (κ2) is 9.33. The van der Waals surface area contributed by atoms with Crippen molar-refractivity contribution in [2.75, 3.05) is 26.2 Å². The molecule has 0 bridgehead atoms. The standard InChI is InChI=1S/C25H26FN5O/c1-18-24(19(2)31(28-18)23-10-8-22(26)9-11-23)25(32)30-13-3-12-29(14-15-30)17-21-6-4-20(16-27)5-7-21/h4-11H,3,12-15,17H2,1-2H3. The molecule has 0 atom stereocenters. The van der Waals surface area contributed by atoms with Crippen molar-refractivity contribution in [1.29, 1.82) is 5.26 Å². The number of halogens is 1. The van der Waals surface area contributed by atoms with Crippen LogP contribution in [0.2, 0.25) is 0 Å². The lowest BCUT2D eigenvalue weighted by Gasteiger charge is -2.22. The monoisotopic (exact) mass is 431 g/mol. The van der Waals surface area contributed by atoms with Gasteiger partial charge in [-0.05, 0) is 62.2 Å². The molecular formula is C25H26FN5O. The van der Waals surface area contributed by atoms with Gasteiger partial charge in [-0.3, -0.25) is 9.69 Å². The molecule has 1 aliphatic rings. The third kappa shape index (κ3) is 4.56. The van der Waals surface area contributed by atoms with Gasteiger partial charge in [-0.25, -0.2) is 9.07 Å². The molecule has 0 N–H and O–H groups in total. The van der Waals surface area contributed by atoms with Gasteiger partial charge in [0.2, 0.25) is 0 Å². The average Bonchev–Trinajstić information content (AvgIpc) is 2.95. The van der Waals surface area contributed by atoms with Crippen molar-refractivity contribution in [2.45, 2.75) is 26.8 Å². The fourth-order valence-corrected chi connectivity index (χ4v) is 4.22. The molecule has 1 aromatic heterocycles. The van der Waals surface area contributed by atoms with Gasteiger partial charge in [0.1, 0.15) is 5.82 Å². The van der Waals surface area contributed by atoms with Crippen LogP contribution in [0.15, 0.2) is 48.5 Å². The summed E-state index contributed by atoms with van der Waals surface area (Å²) >= 11 is 0. The highest BCUT2D eigenvalue weighted by atomic mass is 19.1. The molecule has 32 heavy (non-hydrogen) atoms. The average molecular weight is 432 g/mol. The van der Waals surface area contributed by atoms with Gasteiger partial charge in [0, 0.05) is 32.7 Å². The van der Waals surface area contributed by atoms with Gasteiger partial charge in [0.15, 0.2) is 0 Å². The van der Waals surface area contributed by atoms with Crippen LogP contribution in [0.5, 0.6) is 0 Å². The number of hydrogen-bond donors (Lipinski definition) is 0. The number of aryl methyl sites for hydroxylation is 1. The molecule has 7 heteroatoms. The van der Waals surface area contributed by atoms with Crippen molar-refractivity contribution in [1.82, 2.24) is 19.6 Å². The summed E-state index contributed by atoms with van der Waals surface area (Å²) in [7, 11) is 0. The quantitative estimate of drug-likeness (QED) is 0.630. The van der Waals surface area contributed by atoms with Gasteiger partial charge in [-0.1, -0.05) is 12.1 Å². The van der Waals surface area contributed by atoms with E-state index in [1.807, 2.05) is 43.0 Å². The van der Waals surface area contributed by atoms with E-state index in [-0.39, 0.29) is 11.7 Å². The van der Waals surface area contributed by atoms with Crippen LogP contribution < -0.4 is 0 Å². The van der Waals surface area contributed by atoms with Crippen LogP contribution in [0.4, 0.5) is 4.39 Å². The molecule has 0 unspecified atom stereocenters. The Hall–Kier alpha value is -3.50. The molecule has 164 valence electrons. The van der Waals surface area contributed by atoms with Gasteiger partial charge in [-0.2, -0.15) is 10.4 Å². The minimum Gasteiger partial charge on any atom is -0.337 e. The van der Waals surface area contributed by atoms with Crippen molar-refractivity contribution < 1.29 is 9.18 Å². The number of nitrogens with zero attached hydrogens (tertiary/aromatic N) is 5. The molecule has 1 amide bonds. The number of benzene rings is 2. The first kappa shape index (κ1) is 21.7. The Bertz CT molecular complexity index is 1140. The summed E-state index contributed by atoms with van der Waals surface area (Å²) < 4.78 is 15.0. The first-order valence-electron chi connectivity index (χ1n) is 10.8. The highest BCUT2D eigenvalue weighted by molar-refractivity contribution is 5.96. The number of carbonyl (C=O) groups excluding carboxylic acids is 1. The smallest absolute Gasteiger partial charge is 0.257 e. The normalized spacial score (nSPS) is 14.8. The summed E-state index contributed by atoms with van der Waals surface area (Å²) in [5, 5.41) is 13.5. The van der Waals surface area contributed by atoms with E-state index in [1.54, 1.807) is 16.8 Å². The molecule has 6 nitrogen and oxygen atoms in total. The van der Waals surface area contributed by atoms with E-state index in [9.17, 15) is 9.18 Å². The van der Waals surface area contributed by atoms with E-state index in [0.29, 0.717) is 29.9 Å². The fourth-order valence-electron chi connectivity index (χ4n) is 4.22. The molecule has 1 aliphatic heterocycles. The number of aromatic nitrogens is 2. The predicted molar refractivity (Wildman–Crippen MR) is 120 cm³/mol. The van der Waals surface area contributed by atoms with Crippen LogP contribution in [0.3, 0.4) is 0 Å². The Morgan fingerprint density at radius 3 is 2.44 bits per heavy atom. The molecule has 1 fully saturated rings. The SMILES string of the molecule is Cc1nn(-c2ccc(F)cc2)c(C)c1C(=O)N1CCCN(Cc2ccc(C#N)cc2)CC1. The van der Waals surface area contributed by atoms with Gasteiger partial charge >= 0.3 is 0 Å². The van der Waals surface area contributed by atoms with E-state index < -0.39 is 0 Å². The van der Waals surface area contributed by atoms with Crippen molar-refractivity contribution >= 4 is 5.91 Å². The maximum atomic E-state index is 13.4. The minimum atomic E-state index is -0.304. The van der Waals surface area contributed by atoms with Crippen LogP contribution in [-0.4, -0.2) is 51.7 Å². The lowest BCUT2D eigenvalue weighted by Crippen LogP contribution is -2.35. The summed E-state index contributed by atoms with van der Waals surface area (Å²) in [6.45, 7) is 7.57. The molecule has 3 aromatic rings. The van der Waals surface area contributed by atoms with Crippen molar-refractivity contribution in [3.63, 3.8) is 0 Å². The Balaban J connectivity index is 1.46. The Labute approximate surface area is 187 Å². The summed E-state index contributed by atoms with van der Waals surface area (Å²) in [6.07, 6.45) is 0.895. The van der Waals surface area contributed by atoms with Crippen LogP contribution in [0.1, 0.15) is 39.3 Å². The highest BCUT2D eigenvalue weighted by Gasteiger charge is 2.26. The molecule has 1 saturated heterocycles. The van der Waals surface area contributed by atoms with E-state index in [0.717, 1.165) is 43.0 Å². The van der Waals surface area contributed by atoms with E-state index in [1.165, 1.54) is 12.1 Å². The molecule has 4 rings (SSSR count). The second-order valence-corrected chi connectivity index (χ2v) is 8.16. The summed E-state index contributed by atoms with van der Waals surface area (Å²) in [5.41, 5.74) is 4.61. The molecule has 0 saturated carbocycles. The molecule has 0 spiro atoms. The van der Waals surface area contributed by atoms with E-state index in [2.05, 4.69) is 16.1 Å². The third-order valence-electron chi connectivity index (χ3n) is 5.94. The Morgan fingerprint density at radius 2 is 1.75 bits per heavy atom. The number of rotatable bonds is 4. The minimum absolute atomic E-state index is 0.00594. The van der Waals surface area contributed by atoms with Crippen molar-refractivity contribution in [3.05, 3.63) is 82.4 Å². The summed E-state index contributed by atoms with van der Waals surface area (Å²) in [4.78, 5) is 17.6. The van der Waals surface area contributed by atoms with Gasteiger partial charge in [0.25, 0.3) is 5.91 Å². The van der Waals surface area contributed by atoms with E-state index >= 15 is 0 Å². The van der Waals surface area contributed by atoms with E-state index in [4.69, 9.17) is 5.26 Å². The summed E-state index contributed by atoms with van der Waals surface area (Å²) in [5.74, 6) is -0.310. The van der Waals surface area contributed by atoms with Gasteiger partial charge in [-0.15, -0.1) is 0 Å². The maximum absolute atomic E-state index is 13.4. The van der Waals surface area contributed by atoms with Crippen LogP contribution in [-0.2, 0) is 6.54 Å². The topological polar surface area (TPSA) is 65.2 Å². The largest absolute Gasteiger partial charge is 0.337 e. The van der Waals surface area contributed by atoms with Crippen LogP contribution >= 0.6 is 0 Å². The molecule has 2 heterocycles. The van der Waals surface area contributed by atoms with Crippen molar-refractivity contribution in [2.24, 2.45) is 0 Å². The number of amides is 1. The molecular weight excluding hydrogens is 405 g/mol. The lowest BCUT2D eigenvalue weighted by molar-refractivity contribution is 0.0759.